The van der Waals surface area contributed by atoms with Crippen LogP contribution in [-0.4, -0.2) is 5.78 Å². The molecule has 0 aliphatic rings. The maximum Gasteiger partial charge on any atom is 0.186 e. The summed E-state index contributed by atoms with van der Waals surface area (Å²) in [6.45, 7) is 1.95. The molecule has 0 unspecified atom stereocenters. The molecule has 1 aromatic heterocycles. The number of ketones is 1. The van der Waals surface area contributed by atoms with Gasteiger partial charge in [-0.05, 0) is 36.1 Å². The van der Waals surface area contributed by atoms with E-state index < -0.39 is 0 Å². The number of carbonyl (C=O) groups excluding carboxylic acids is 1. The van der Waals surface area contributed by atoms with E-state index in [1.165, 1.54) is 0 Å². The van der Waals surface area contributed by atoms with Gasteiger partial charge in [-0.2, -0.15) is 0 Å². The number of benzene rings is 1. The minimum atomic E-state index is 0.0616. The smallest absolute Gasteiger partial charge is 0.186 e. The van der Waals surface area contributed by atoms with Crippen molar-refractivity contribution in [3.63, 3.8) is 0 Å². The molecule has 2 aromatic rings. The molecule has 0 bridgehead atoms. The van der Waals surface area contributed by atoms with Crippen molar-refractivity contribution < 1.29 is 4.79 Å². The van der Waals surface area contributed by atoms with Crippen LogP contribution < -0.4 is 0 Å². The minimum Gasteiger partial charge on any atom is -0.289 e. The number of rotatable bonds is 3. The van der Waals surface area contributed by atoms with Crippen molar-refractivity contribution >= 4 is 23.2 Å². The Labute approximate surface area is 99.1 Å². The van der Waals surface area contributed by atoms with Gasteiger partial charge in [0.15, 0.2) is 5.78 Å². The van der Waals surface area contributed by atoms with Gasteiger partial charge in [0.1, 0.15) is 0 Å². The molecule has 2 rings (SSSR count). The molecule has 1 aromatic carbocycles. The van der Waals surface area contributed by atoms with Gasteiger partial charge in [0.25, 0.3) is 0 Å². The number of thiophene rings is 1. The Bertz CT molecular complexity index is 509. The summed E-state index contributed by atoms with van der Waals surface area (Å²) in [6.07, 6.45) is 3.49. The van der Waals surface area contributed by atoms with Crippen LogP contribution in [-0.2, 0) is 0 Å². The highest BCUT2D eigenvalue weighted by Gasteiger charge is 2.03. The molecule has 0 aliphatic carbocycles. The first kappa shape index (κ1) is 10.8. The third kappa shape index (κ3) is 2.47. The van der Waals surface area contributed by atoms with E-state index in [1.54, 1.807) is 17.4 Å². The molecule has 1 nitrogen and oxygen atoms in total. The third-order valence-electron chi connectivity index (χ3n) is 2.35. The molecule has 0 saturated carbocycles. The minimum absolute atomic E-state index is 0.0616. The lowest BCUT2D eigenvalue weighted by Crippen LogP contribution is -1.96. The van der Waals surface area contributed by atoms with Crippen LogP contribution in [0, 0.1) is 6.92 Å². The SMILES string of the molecule is Cc1ccccc1C(=O)C=Cc1cccs1. The van der Waals surface area contributed by atoms with Crippen LogP contribution in [0.2, 0.25) is 0 Å². The van der Waals surface area contributed by atoms with E-state index in [0.29, 0.717) is 0 Å². The predicted molar refractivity (Wildman–Crippen MR) is 68.9 cm³/mol. The summed E-state index contributed by atoms with van der Waals surface area (Å²) in [5.74, 6) is 0.0616. The highest BCUT2D eigenvalue weighted by molar-refractivity contribution is 7.10. The van der Waals surface area contributed by atoms with Gasteiger partial charge in [-0.25, -0.2) is 0 Å². The molecule has 2 heteroatoms. The van der Waals surface area contributed by atoms with Gasteiger partial charge in [0.05, 0.1) is 0 Å². The highest BCUT2D eigenvalue weighted by atomic mass is 32.1. The molecule has 0 radical (unpaired) electrons. The summed E-state index contributed by atoms with van der Waals surface area (Å²) in [6, 6.07) is 11.6. The van der Waals surface area contributed by atoms with Crippen LogP contribution >= 0.6 is 11.3 Å². The highest BCUT2D eigenvalue weighted by Crippen LogP contribution is 2.13. The molecule has 0 amide bonds. The van der Waals surface area contributed by atoms with Crippen LogP contribution in [0.1, 0.15) is 20.8 Å². The first-order valence-corrected chi connectivity index (χ1v) is 5.97. The fourth-order valence-corrected chi connectivity index (χ4v) is 2.10. The molecule has 1 heterocycles. The Hall–Kier alpha value is -1.67. The average Bonchev–Trinajstić information content (AvgIpc) is 2.79. The Kier molecular flexibility index (Phi) is 3.32. The Morgan fingerprint density at radius 2 is 2.00 bits per heavy atom. The molecular weight excluding hydrogens is 216 g/mol. The zero-order valence-electron chi connectivity index (χ0n) is 9.01. The van der Waals surface area contributed by atoms with E-state index in [4.69, 9.17) is 0 Å². The van der Waals surface area contributed by atoms with E-state index in [9.17, 15) is 4.79 Å². The van der Waals surface area contributed by atoms with E-state index in [0.717, 1.165) is 16.0 Å². The van der Waals surface area contributed by atoms with Crippen molar-refractivity contribution in [2.45, 2.75) is 6.92 Å². The maximum atomic E-state index is 11.9. The van der Waals surface area contributed by atoms with Crippen molar-refractivity contribution in [3.05, 3.63) is 63.9 Å². The Balaban J connectivity index is 2.18. The third-order valence-corrected chi connectivity index (χ3v) is 3.19. The molecule has 0 saturated heterocycles. The number of aryl methyl sites for hydroxylation is 1. The van der Waals surface area contributed by atoms with Gasteiger partial charge >= 0.3 is 0 Å². The number of allylic oxidation sites excluding steroid dienone is 1. The molecule has 0 atom stereocenters. The standard InChI is InChI=1S/C14H12OS/c1-11-5-2-3-7-13(11)14(15)9-8-12-6-4-10-16-12/h2-10H,1H3. The second-order valence-electron chi connectivity index (χ2n) is 3.53. The fourth-order valence-electron chi connectivity index (χ4n) is 1.48. The van der Waals surface area contributed by atoms with E-state index in [1.807, 2.05) is 54.8 Å². The van der Waals surface area contributed by atoms with E-state index >= 15 is 0 Å². The van der Waals surface area contributed by atoms with Gasteiger partial charge in [0.2, 0.25) is 0 Å². The summed E-state index contributed by atoms with van der Waals surface area (Å²) in [5, 5.41) is 2.00. The molecule has 0 aliphatic heterocycles. The summed E-state index contributed by atoms with van der Waals surface area (Å²) in [5.41, 5.74) is 1.79. The van der Waals surface area contributed by atoms with Gasteiger partial charge in [-0.15, -0.1) is 11.3 Å². The van der Waals surface area contributed by atoms with Crippen LogP contribution in [0.5, 0.6) is 0 Å². The van der Waals surface area contributed by atoms with Crippen molar-refractivity contribution in [3.8, 4) is 0 Å². The zero-order valence-corrected chi connectivity index (χ0v) is 9.83. The molecule has 80 valence electrons. The van der Waals surface area contributed by atoms with E-state index in [-0.39, 0.29) is 5.78 Å². The summed E-state index contributed by atoms with van der Waals surface area (Å²) < 4.78 is 0. The lowest BCUT2D eigenvalue weighted by molar-refractivity contribution is 0.104. The fraction of sp³-hybridized carbons (Fsp3) is 0.0714. The first-order chi connectivity index (χ1) is 7.77. The van der Waals surface area contributed by atoms with Gasteiger partial charge in [-0.3, -0.25) is 4.79 Å². The maximum absolute atomic E-state index is 11.9. The largest absolute Gasteiger partial charge is 0.289 e. The molecule has 0 fully saturated rings. The van der Waals surface area contributed by atoms with Crippen molar-refractivity contribution in [2.24, 2.45) is 0 Å². The van der Waals surface area contributed by atoms with E-state index in [2.05, 4.69) is 0 Å². The molecular formula is C14H12OS. The average molecular weight is 228 g/mol. The van der Waals surface area contributed by atoms with Gasteiger partial charge in [0, 0.05) is 10.4 Å². The van der Waals surface area contributed by atoms with Gasteiger partial charge in [-0.1, -0.05) is 30.3 Å². The van der Waals surface area contributed by atoms with Crippen LogP contribution in [0.3, 0.4) is 0 Å². The quantitative estimate of drug-likeness (QED) is 0.574. The summed E-state index contributed by atoms with van der Waals surface area (Å²) in [4.78, 5) is 13.0. The number of carbonyl (C=O) groups is 1. The summed E-state index contributed by atoms with van der Waals surface area (Å²) >= 11 is 1.63. The van der Waals surface area contributed by atoms with Crippen molar-refractivity contribution in [2.75, 3.05) is 0 Å². The Morgan fingerprint density at radius 1 is 1.19 bits per heavy atom. The summed E-state index contributed by atoms with van der Waals surface area (Å²) in [7, 11) is 0. The monoisotopic (exact) mass is 228 g/mol. The zero-order chi connectivity index (χ0) is 11.4. The lowest BCUT2D eigenvalue weighted by atomic mass is 10.0. The second kappa shape index (κ2) is 4.90. The lowest BCUT2D eigenvalue weighted by Gasteiger charge is -1.99. The van der Waals surface area contributed by atoms with Gasteiger partial charge < -0.3 is 0 Å². The topological polar surface area (TPSA) is 17.1 Å². The van der Waals surface area contributed by atoms with Crippen LogP contribution in [0.4, 0.5) is 0 Å². The number of hydrogen-bond acceptors (Lipinski definition) is 2. The molecule has 16 heavy (non-hydrogen) atoms. The predicted octanol–water partition coefficient (Wildman–Crippen LogP) is 3.95. The number of hydrogen-bond donors (Lipinski definition) is 0. The second-order valence-corrected chi connectivity index (χ2v) is 4.51. The van der Waals surface area contributed by atoms with Crippen LogP contribution in [0.25, 0.3) is 6.08 Å². The van der Waals surface area contributed by atoms with Crippen LogP contribution in [0.15, 0.2) is 47.9 Å². The normalized spacial score (nSPS) is 10.8. The molecule has 0 spiro atoms. The van der Waals surface area contributed by atoms with Crippen molar-refractivity contribution in [1.82, 2.24) is 0 Å². The molecule has 0 N–H and O–H groups in total. The van der Waals surface area contributed by atoms with Crippen molar-refractivity contribution in [1.29, 1.82) is 0 Å². The Morgan fingerprint density at radius 3 is 2.69 bits per heavy atom. The first-order valence-electron chi connectivity index (χ1n) is 5.09.